The SMILES string of the molecule is [C-]#[N+]c1ccnc(OC)n1. The number of hydrogen-bond acceptors (Lipinski definition) is 3. The molecule has 10 heavy (non-hydrogen) atoms. The molecule has 0 unspecified atom stereocenters. The first-order chi connectivity index (χ1) is 4.86. The Balaban J connectivity index is 3.01. The van der Waals surface area contributed by atoms with Crippen LogP contribution in [0.1, 0.15) is 0 Å². The van der Waals surface area contributed by atoms with E-state index in [-0.39, 0.29) is 6.01 Å². The molecule has 0 saturated heterocycles. The lowest BCUT2D eigenvalue weighted by Crippen LogP contribution is -1.88. The second-order valence-corrected chi connectivity index (χ2v) is 1.51. The highest BCUT2D eigenvalue weighted by atomic mass is 16.5. The van der Waals surface area contributed by atoms with Gasteiger partial charge in [-0.05, 0) is 6.07 Å². The second kappa shape index (κ2) is 2.78. The minimum Gasteiger partial charge on any atom is -0.449 e. The maximum atomic E-state index is 6.59. The monoisotopic (exact) mass is 135 g/mol. The van der Waals surface area contributed by atoms with Gasteiger partial charge in [-0.2, -0.15) is 4.98 Å². The third kappa shape index (κ3) is 1.20. The number of hydrogen-bond donors (Lipinski definition) is 0. The van der Waals surface area contributed by atoms with Crippen LogP contribution in [0.4, 0.5) is 5.82 Å². The van der Waals surface area contributed by atoms with Crippen LogP contribution in [-0.2, 0) is 0 Å². The van der Waals surface area contributed by atoms with Gasteiger partial charge in [0.2, 0.25) is 0 Å². The molecular formula is C6H5N3O. The van der Waals surface area contributed by atoms with Crippen molar-refractivity contribution in [2.45, 2.75) is 0 Å². The highest BCUT2D eigenvalue weighted by Gasteiger charge is 1.98. The minimum absolute atomic E-state index is 0.230. The predicted molar refractivity (Wildman–Crippen MR) is 34.8 cm³/mol. The van der Waals surface area contributed by atoms with E-state index in [4.69, 9.17) is 11.3 Å². The van der Waals surface area contributed by atoms with Crippen LogP contribution in [0.2, 0.25) is 0 Å². The van der Waals surface area contributed by atoms with E-state index in [1.807, 2.05) is 0 Å². The molecule has 0 spiro atoms. The zero-order valence-corrected chi connectivity index (χ0v) is 5.40. The zero-order chi connectivity index (χ0) is 7.40. The summed E-state index contributed by atoms with van der Waals surface area (Å²) in [5.41, 5.74) is 0. The third-order valence-corrected chi connectivity index (χ3v) is 0.916. The van der Waals surface area contributed by atoms with Crippen LogP contribution in [0.15, 0.2) is 12.3 Å². The fraction of sp³-hybridized carbons (Fsp3) is 0.167. The lowest BCUT2D eigenvalue weighted by molar-refractivity contribution is 0.380. The van der Waals surface area contributed by atoms with Gasteiger partial charge in [0.1, 0.15) is 0 Å². The van der Waals surface area contributed by atoms with Gasteiger partial charge in [-0.25, -0.2) is 0 Å². The summed E-state index contributed by atoms with van der Waals surface area (Å²) in [5, 5.41) is 0. The van der Waals surface area contributed by atoms with Crippen molar-refractivity contribution in [3.8, 4) is 6.01 Å². The number of nitrogens with zero attached hydrogens (tertiary/aromatic N) is 3. The quantitative estimate of drug-likeness (QED) is 0.540. The normalized spacial score (nSPS) is 8.40. The molecule has 0 bridgehead atoms. The average Bonchev–Trinajstić information content (AvgIpc) is 2.05. The molecule has 1 aromatic heterocycles. The molecule has 0 aliphatic carbocycles. The Morgan fingerprint density at radius 2 is 2.50 bits per heavy atom. The highest BCUT2D eigenvalue weighted by molar-refractivity contribution is 5.34. The molecule has 0 aromatic carbocycles. The molecule has 4 heteroatoms. The Morgan fingerprint density at radius 1 is 1.70 bits per heavy atom. The van der Waals surface area contributed by atoms with Gasteiger partial charge in [-0.1, -0.05) is 11.6 Å². The summed E-state index contributed by atoms with van der Waals surface area (Å²) in [6.45, 7) is 6.59. The van der Waals surface area contributed by atoms with Gasteiger partial charge in [-0.15, -0.1) is 0 Å². The predicted octanol–water partition coefficient (Wildman–Crippen LogP) is 1.04. The van der Waals surface area contributed by atoms with E-state index in [2.05, 4.69) is 14.8 Å². The zero-order valence-electron chi connectivity index (χ0n) is 5.40. The van der Waals surface area contributed by atoms with Crippen LogP contribution >= 0.6 is 0 Å². The van der Waals surface area contributed by atoms with Crippen molar-refractivity contribution in [1.29, 1.82) is 0 Å². The molecule has 1 heterocycles. The molecule has 1 rings (SSSR count). The van der Waals surface area contributed by atoms with E-state index in [0.717, 1.165) is 0 Å². The standard InChI is InChI=1S/C6H5N3O/c1-7-5-3-4-8-6(9-5)10-2/h3-4H,2H3. The molecule has 0 amide bonds. The smallest absolute Gasteiger partial charge is 0.415 e. The topological polar surface area (TPSA) is 39.4 Å². The van der Waals surface area contributed by atoms with Crippen LogP contribution in [0.3, 0.4) is 0 Å². The van der Waals surface area contributed by atoms with Crippen molar-refractivity contribution in [2.24, 2.45) is 0 Å². The Labute approximate surface area is 58.3 Å². The van der Waals surface area contributed by atoms with Gasteiger partial charge in [0.05, 0.1) is 7.11 Å². The molecule has 0 fully saturated rings. The van der Waals surface area contributed by atoms with Crippen molar-refractivity contribution >= 4 is 5.82 Å². The van der Waals surface area contributed by atoms with E-state index in [0.29, 0.717) is 5.82 Å². The number of methoxy groups -OCH3 is 1. The maximum Gasteiger partial charge on any atom is 0.415 e. The largest absolute Gasteiger partial charge is 0.449 e. The first-order valence-corrected chi connectivity index (χ1v) is 2.61. The molecular weight excluding hydrogens is 130 g/mol. The Morgan fingerprint density at radius 3 is 3.10 bits per heavy atom. The first kappa shape index (κ1) is 6.49. The van der Waals surface area contributed by atoms with E-state index in [1.165, 1.54) is 19.4 Å². The molecule has 1 aromatic rings. The summed E-state index contributed by atoms with van der Waals surface area (Å²) in [5.74, 6) is 0.298. The Kier molecular flexibility index (Phi) is 1.80. The van der Waals surface area contributed by atoms with Gasteiger partial charge in [0.15, 0.2) is 0 Å². The minimum atomic E-state index is 0.230. The number of ether oxygens (including phenoxy) is 1. The van der Waals surface area contributed by atoms with Crippen molar-refractivity contribution in [3.05, 3.63) is 23.7 Å². The van der Waals surface area contributed by atoms with Crippen LogP contribution in [-0.4, -0.2) is 17.1 Å². The molecule has 0 saturated carbocycles. The summed E-state index contributed by atoms with van der Waals surface area (Å²) in [7, 11) is 1.46. The molecule has 0 atom stereocenters. The highest BCUT2D eigenvalue weighted by Crippen LogP contribution is 2.08. The van der Waals surface area contributed by atoms with E-state index >= 15 is 0 Å². The van der Waals surface area contributed by atoms with Gasteiger partial charge in [0.25, 0.3) is 5.82 Å². The van der Waals surface area contributed by atoms with Crippen molar-refractivity contribution < 1.29 is 4.74 Å². The van der Waals surface area contributed by atoms with E-state index < -0.39 is 0 Å². The molecule has 50 valence electrons. The number of rotatable bonds is 1. The van der Waals surface area contributed by atoms with Crippen LogP contribution < -0.4 is 4.74 Å². The van der Waals surface area contributed by atoms with Crippen molar-refractivity contribution in [2.75, 3.05) is 7.11 Å². The molecule has 0 N–H and O–H groups in total. The third-order valence-electron chi connectivity index (χ3n) is 0.916. The fourth-order valence-electron chi connectivity index (χ4n) is 0.492. The first-order valence-electron chi connectivity index (χ1n) is 2.61. The van der Waals surface area contributed by atoms with E-state index in [1.54, 1.807) is 0 Å². The summed E-state index contributed by atoms with van der Waals surface area (Å²) in [6.07, 6.45) is 1.49. The van der Waals surface area contributed by atoms with Gasteiger partial charge >= 0.3 is 6.01 Å². The van der Waals surface area contributed by atoms with E-state index in [9.17, 15) is 0 Å². The summed E-state index contributed by atoms with van der Waals surface area (Å²) in [4.78, 5) is 10.5. The maximum absolute atomic E-state index is 6.59. The van der Waals surface area contributed by atoms with Gasteiger partial charge in [0, 0.05) is 6.20 Å². The molecule has 0 radical (unpaired) electrons. The lowest BCUT2D eigenvalue weighted by atomic mass is 10.6. The molecule has 0 aliphatic rings. The summed E-state index contributed by atoms with van der Waals surface area (Å²) >= 11 is 0. The molecule has 4 nitrogen and oxygen atoms in total. The Bertz CT molecular complexity index is 266. The van der Waals surface area contributed by atoms with Crippen LogP contribution in [0.25, 0.3) is 4.85 Å². The summed E-state index contributed by atoms with van der Waals surface area (Å²) in [6, 6.07) is 1.75. The number of aromatic nitrogens is 2. The van der Waals surface area contributed by atoms with Gasteiger partial charge in [-0.3, -0.25) is 0 Å². The average molecular weight is 135 g/mol. The Hall–Kier alpha value is -1.63. The summed E-state index contributed by atoms with van der Waals surface area (Å²) < 4.78 is 4.69. The van der Waals surface area contributed by atoms with Gasteiger partial charge < -0.3 is 9.58 Å². The fourth-order valence-corrected chi connectivity index (χ4v) is 0.492. The lowest BCUT2D eigenvalue weighted by Gasteiger charge is -1.90. The second-order valence-electron chi connectivity index (χ2n) is 1.51. The van der Waals surface area contributed by atoms with Crippen LogP contribution in [0.5, 0.6) is 6.01 Å². The molecule has 0 aliphatic heterocycles. The van der Waals surface area contributed by atoms with Crippen LogP contribution in [0, 0.1) is 6.57 Å². The van der Waals surface area contributed by atoms with Crippen molar-refractivity contribution in [1.82, 2.24) is 9.97 Å². The van der Waals surface area contributed by atoms with Crippen molar-refractivity contribution in [3.63, 3.8) is 0 Å².